The van der Waals surface area contributed by atoms with Gasteiger partial charge in [-0.1, -0.05) is 45.1 Å². The number of carbonyl (C=O) groups is 2. The minimum absolute atomic E-state index is 0.188. The van der Waals surface area contributed by atoms with Crippen LogP contribution in [0.2, 0.25) is 0 Å². The highest BCUT2D eigenvalue weighted by molar-refractivity contribution is 5.97. The average Bonchev–Trinajstić information content (AvgIpc) is 2.46. The molecule has 0 aromatic rings. The van der Waals surface area contributed by atoms with Crippen molar-refractivity contribution >= 4 is 11.9 Å². The fourth-order valence-electron chi connectivity index (χ4n) is 3.44. The molecule has 0 aromatic carbocycles. The number of carboxylic acids is 2. The van der Waals surface area contributed by atoms with Gasteiger partial charge in [0.05, 0.1) is 11.0 Å². The Morgan fingerprint density at radius 1 is 1.05 bits per heavy atom. The van der Waals surface area contributed by atoms with Gasteiger partial charge in [0.2, 0.25) is 0 Å². The molecule has 1 fully saturated rings. The lowest BCUT2D eigenvalue weighted by Crippen LogP contribution is -2.37. The predicted octanol–water partition coefficient (Wildman–Crippen LogP) is 4.39. The van der Waals surface area contributed by atoms with Crippen molar-refractivity contribution in [3.8, 4) is 0 Å². The van der Waals surface area contributed by atoms with Crippen molar-refractivity contribution in [1.82, 2.24) is 0 Å². The van der Waals surface area contributed by atoms with Crippen LogP contribution in [0.25, 0.3) is 0 Å². The van der Waals surface area contributed by atoms with Crippen molar-refractivity contribution in [1.29, 1.82) is 0 Å². The zero-order chi connectivity index (χ0) is 15.9. The summed E-state index contributed by atoms with van der Waals surface area (Å²) < 4.78 is 0. The summed E-state index contributed by atoms with van der Waals surface area (Å²) in [6, 6.07) is 0. The maximum Gasteiger partial charge on any atom is 0.332 e. The van der Waals surface area contributed by atoms with Gasteiger partial charge < -0.3 is 10.2 Å². The molecule has 1 aliphatic carbocycles. The van der Waals surface area contributed by atoms with Gasteiger partial charge in [-0.3, -0.25) is 4.79 Å². The summed E-state index contributed by atoms with van der Waals surface area (Å²) in [6.07, 6.45) is 8.01. The van der Waals surface area contributed by atoms with Gasteiger partial charge in [-0.2, -0.15) is 0 Å². The van der Waals surface area contributed by atoms with Gasteiger partial charge >= 0.3 is 11.9 Å². The monoisotopic (exact) mass is 296 g/mol. The summed E-state index contributed by atoms with van der Waals surface area (Å²) in [5.74, 6) is -2.01. The van der Waals surface area contributed by atoms with E-state index in [-0.39, 0.29) is 5.57 Å². The summed E-state index contributed by atoms with van der Waals surface area (Å²) in [5, 5.41) is 19.5. The van der Waals surface area contributed by atoms with Crippen molar-refractivity contribution in [2.75, 3.05) is 0 Å². The molecular formula is C17H28O4. The highest BCUT2D eigenvalue weighted by Crippen LogP contribution is 2.42. The van der Waals surface area contributed by atoms with E-state index in [0.29, 0.717) is 12.8 Å². The molecule has 0 amide bonds. The van der Waals surface area contributed by atoms with Crippen LogP contribution in [0.15, 0.2) is 11.1 Å². The molecule has 0 spiro atoms. The molecule has 0 heterocycles. The smallest absolute Gasteiger partial charge is 0.332 e. The summed E-state index contributed by atoms with van der Waals surface area (Å²) in [4.78, 5) is 23.8. The lowest BCUT2D eigenvalue weighted by molar-refractivity contribution is -0.151. The molecule has 4 heteroatoms. The zero-order valence-electron chi connectivity index (χ0n) is 13.3. The van der Waals surface area contributed by atoms with Gasteiger partial charge in [0.15, 0.2) is 0 Å². The first kappa shape index (κ1) is 17.7. The molecule has 21 heavy (non-hydrogen) atoms. The van der Waals surface area contributed by atoms with Crippen molar-refractivity contribution in [2.45, 2.75) is 78.1 Å². The van der Waals surface area contributed by atoms with E-state index in [4.69, 9.17) is 0 Å². The SMILES string of the molecule is CCCCCC(CC)(C(=O)O)C(C(=O)O)=C1CCCCC1. The molecule has 0 bridgehead atoms. The fourth-order valence-corrected chi connectivity index (χ4v) is 3.44. The van der Waals surface area contributed by atoms with E-state index >= 15 is 0 Å². The second-order valence-electron chi connectivity index (χ2n) is 6.04. The Morgan fingerprint density at radius 2 is 1.67 bits per heavy atom. The van der Waals surface area contributed by atoms with E-state index < -0.39 is 17.4 Å². The van der Waals surface area contributed by atoms with Crippen LogP contribution in [-0.2, 0) is 9.59 Å². The highest BCUT2D eigenvalue weighted by Gasteiger charge is 2.44. The summed E-state index contributed by atoms with van der Waals surface area (Å²) >= 11 is 0. The largest absolute Gasteiger partial charge is 0.481 e. The van der Waals surface area contributed by atoms with Gasteiger partial charge in [-0.05, 0) is 38.5 Å². The summed E-state index contributed by atoms with van der Waals surface area (Å²) in [7, 11) is 0. The summed E-state index contributed by atoms with van der Waals surface area (Å²) in [6.45, 7) is 3.86. The van der Waals surface area contributed by atoms with Crippen molar-refractivity contribution in [2.24, 2.45) is 5.41 Å². The maximum absolute atomic E-state index is 11.9. The van der Waals surface area contributed by atoms with Gasteiger partial charge in [0.25, 0.3) is 0 Å². The minimum Gasteiger partial charge on any atom is -0.481 e. The van der Waals surface area contributed by atoms with Crippen LogP contribution in [0, 0.1) is 5.41 Å². The molecule has 1 rings (SSSR count). The summed E-state index contributed by atoms with van der Waals surface area (Å²) in [5.41, 5.74) is -0.156. The Balaban J connectivity index is 3.23. The number of hydrogen-bond acceptors (Lipinski definition) is 2. The molecule has 1 unspecified atom stereocenters. The van der Waals surface area contributed by atoms with Gasteiger partial charge in [-0.25, -0.2) is 4.79 Å². The zero-order valence-corrected chi connectivity index (χ0v) is 13.3. The quantitative estimate of drug-likeness (QED) is 0.514. The number of rotatable bonds is 8. The highest BCUT2D eigenvalue weighted by atomic mass is 16.4. The van der Waals surface area contributed by atoms with E-state index in [1.807, 2.05) is 0 Å². The molecule has 0 radical (unpaired) electrons. The topological polar surface area (TPSA) is 74.6 Å². The molecule has 0 aliphatic heterocycles. The Labute approximate surface area is 127 Å². The third-order valence-electron chi connectivity index (χ3n) is 4.72. The third kappa shape index (κ3) is 4.08. The lowest BCUT2D eigenvalue weighted by atomic mass is 9.70. The molecule has 4 nitrogen and oxygen atoms in total. The van der Waals surface area contributed by atoms with Crippen LogP contribution in [0.1, 0.15) is 78.1 Å². The number of carboxylic acid groups (broad SMARTS) is 2. The first-order valence-corrected chi connectivity index (χ1v) is 8.18. The number of aliphatic carboxylic acids is 2. The van der Waals surface area contributed by atoms with E-state index in [1.165, 1.54) is 0 Å². The van der Waals surface area contributed by atoms with E-state index in [2.05, 4.69) is 6.92 Å². The number of allylic oxidation sites excluding steroid dienone is 1. The molecule has 2 N–H and O–H groups in total. The first-order chi connectivity index (χ1) is 9.99. The molecular weight excluding hydrogens is 268 g/mol. The standard InChI is InChI=1S/C17H28O4/c1-3-5-9-12-17(4-2,16(20)21)14(15(18)19)13-10-7-6-8-11-13/h3-12H2,1-2H3,(H,18,19)(H,20,21). The Hall–Kier alpha value is -1.32. The van der Waals surface area contributed by atoms with Crippen molar-refractivity contribution < 1.29 is 19.8 Å². The minimum atomic E-state index is -1.21. The van der Waals surface area contributed by atoms with E-state index in [9.17, 15) is 19.8 Å². The molecule has 0 saturated heterocycles. The number of unbranched alkanes of at least 4 members (excludes halogenated alkanes) is 2. The Bertz CT molecular complexity index is 403. The normalized spacial score (nSPS) is 18.1. The molecule has 1 saturated carbocycles. The van der Waals surface area contributed by atoms with Crippen LogP contribution in [0.3, 0.4) is 0 Å². The van der Waals surface area contributed by atoms with Crippen LogP contribution < -0.4 is 0 Å². The molecule has 1 atom stereocenters. The lowest BCUT2D eigenvalue weighted by Gasteiger charge is -2.32. The van der Waals surface area contributed by atoms with Crippen LogP contribution in [0.5, 0.6) is 0 Å². The first-order valence-electron chi connectivity index (χ1n) is 8.18. The third-order valence-corrected chi connectivity index (χ3v) is 4.72. The van der Waals surface area contributed by atoms with Gasteiger partial charge in [0, 0.05) is 0 Å². The fraction of sp³-hybridized carbons (Fsp3) is 0.765. The Morgan fingerprint density at radius 3 is 2.10 bits per heavy atom. The second-order valence-corrected chi connectivity index (χ2v) is 6.04. The molecule has 1 aliphatic rings. The van der Waals surface area contributed by atoms with Crippen molar-refractivity contribution in [3.05, 3.63) is 11.1 Å². The Kier molecular flexibility index (Phi) is 6.93. The second kappa shape index (κ2) is 8.20. The van der Waals surface area contributed by atoms with Crippen LogP contribution in [-0.4, -0.2) is 22.2 Å². The predicted molar refractivity (Wildman–Crippen MR) is 82.2 cm³/mol. The average molecular weight is 296 g/mol. The molecule has 120 valence electrons. The molecule has 0 aromatic heterocycles. The van der Waals surface area contributed by atoms with Crippen LogP contribution in [0.4, 0.5) is 0 Å². The van der Waals surface area contributed by atoms with E-state index in [1.54, 1.807) is 6.92 Å². The van der Waals surface area contributed by atoms with E-state index in [0.717, 1.165) is 56.9 Å². The number of hydrogen-bond donors (Lipinski definition) is 2. The van der Waals surface area contributed by atoms with Gasteiger partial charge in [-0.15, -0.1) is 0 Å². The van der Waals surface area contributed by atoms with Crippen LogP contribution >= 0.6 is 0 Å². The maximum atomic E-state index is 11.9. The van der Waals surface area contributed by atoms with Crippen molar-refractivity contribution in [3.63, 3.8) is 0 Å². The van der Waals surface area contributed by atoms with Gasteiger partial charge in [0.1, 0.15) is 0 Å².